The Morgan fingerprint density at radius 2 is 1.77 bits per heavy atom. The van der Waals surface area contributed by atoms with Crippen LogP contribution in [-0.2, 0) is 11.3 Å². The average Bonchev–Trinajstić information content (AvgIpc) is 3.06. The second-order valence-electron chi connectivity index (χ2n) is 8.53. The Hall–Kier alpha value is -2.67. The lowest BCUT2D eigenvalue weighted by Crippen LogP contribution is -2.52. The number of piperazine rings is 1. The number of rotatable bonds is 4. The van der Waals surface area contributed by atoms with Gasteiger partial charge in [-0.2, -0.15) is 0 Å². The summed E-state index contributed by atoms with van der Waals surface area (Å²) in [7, 11) is 0. The van der Waals surface area contributed by atoms with E-state index in [-0.39, 0.29) is 6.09 Å². The van der Waals surface area contributed by atoms with Gasteiger partial charge >= 0.3 is 6.09 Å². The van der Waals surface area contributed by atoms with Crippen LogP contribution in [0.1, 0.15) is 42.9 Å². The zero-order valence-electron chi connectivity index (χ0n) is 17.2. The summed E-state index contributed by atoms with van der Waals surface area (Å²) < 4.78 is 5.49. The molecule has 3 aliphatic rings. The fraction of sp³-hybridized carbons (Fsp3) is 0.522. The van der Waals surface area contributed by atoms with Gasteiger partial charge in [-0.1, -0.05) is 30.3 Å². The minimum atomic E-state index is -0.224. The van der Waals surface area contributed by atoms with Crippen LogP contribution in [0.2, 0.25) is 0 Å². The molecule has 4 heterocycles. The fourth-order valence-electron chi connectivity index (χ4n) is 4.99. The van der Waals surface area contributed by atoms with Crippen LogP contribution >= 0.6 is 0 Å². The first-order chi connectivity index (χ1) is 14.8. The van der Waals surface area contributed by atoms with E-state index in [1.54, 1.807) is 0 Å². The molecule has 5 rings (SSSR count). The van der Waals surface area contributed by atoms with Crippen LogP contribution in [0.4, 0.5) is 10.7 Å². The fourth-order valence-corrected chi connectivity index (χ4v) is 4.99. The Bertz CT molecular complexity index is 853. The molecule has 30 heavy (non-hydrogen) atoms. The molecule has 2 bridgehead atoms. The molecule has 0 spiro atoms. The minimum absolute atomic E-state index is 0.224. The van der Waals surface area contributed by atoms with Crippen molar-refractivity contribution in [2.24, 2.45) is 0 Å². The summed E-state index contributed by atoms with van der Waals surface area (Å²) in [6.45, 7) is 3.77. The van der Waals surface area contributed by atoms with E-state index >= 15 is 0 Å². The first-order valence-corrected chi connectivity index (χ1v) is 11.1. The lowest BCUT2D eigenvalue weighted by Gasteiger charge is -2.36. The topological polar surface area (TPSA) is 70.6 Å². The van der Waals surface area contributed by atoms with Gasteiger partial charge in [0.2, 0.25) is 5.95 Å². The number of hydrogen-bond donors (Lipinski definition) is 1. The molecule has 1 amide bonds. The Labute approximate surface area is 177 Å². The van der Waals surface area contributed by atoms with Crippen LogP contribution in [0, 0.1) is 0 Å². The second-order valence-corrected chi connectivity index (χ2v) is 8.53. The van der Waals surface area contributed by atoms with Gasteiger partial charge in [-0.15, -0.1) is 0 Å². The normalized spacial score (nSPS) is 24.1. The highest BCUT2D eigenvalue weighted by molar-refractivity contribution is 5.67. The quantitative estimate of drug-likeness (QED) is 0.840. The van der Waals surface area contributed by atoms with Crippen LogP contribution in [0.3, 0.4) is 0 Å². The zero-order chi connectivity index (χ0) is 20.3. The van der Waals surface area contributed by atoms with E-state index in [0.717, 1.165) is 43.1 Å². The van der Waals surface area contributed by atoms with Gasteiger partial charge in [-0.25, -0.2) is 14.8 Å². The minimum Gasteiger partial charge on any atom is -0.445 e. The highest BCUT2D eigenvalue weighted by atomic mass is 16.6. The van der Waals surface area contributed by atoms with Crippen molar-refractivity contribution in [3.63, 3.8) is 0 Å². The average molecular weight is 408 g/mol. The largest absolute Gasteiger partial charge is 0.445 e. The summed E-state index contributed by atoms with van der Waals surface area (Å²) in [5.41, 5.74) is 2.12. The van der Waals surface area contributed by atoms with Crippen LogP contribution < -0.4 is 10.2 Å². The summed E-state index contributed by atoms with van der Waals surface area (Å²) in [6, 6.07) is 12.9. The van der Waals surface area contributed by atoms with E-state index in [2.05, 4.69) is 15.2 Å². The molecule has 3 saturated heterocycles. The first-order valence-electron chi connectivity index (χ1n) is 11.1. The van der Waals surface area contributed by atoms with Gasteiger partial charge in [0.25, 0.3) is 0 Å². The van der Waals surface area contributed by atoms with Gasteiger partial charge in [0, 0.05) is 56.1 Å². The Balaban J connectivity index is 1.17. The zero-order valence-corrected chi connectivity index (χ0v) is 17.2. The van der Waals surface area contributed by atoms with Gasteiger partial charge in [0.1, 0.15) is 6.61 Å². The van der Waals surface area contributed by atoms with Crippen LogP contribution in [0.15, 0.2) is 42.6 Å². The number of ether oxygens (including phenoxy) is 1. The number of nitrogens with zero attached hydrogens (tertiary/aromatic N) is 4. The molecule has 0 radical (unpaired) electrons. The van der Waals surface area contributed by atoms with Gasteiger partial charge in [0.15, 0.2) is 0 Å². The predicted octanol–water partition coefficient (Wildman–Crippen LogP) is 2.93. The van der Waals surface area contributed by atoms with Crippen molar-refractivity contribution < 1.29 is 9.53 Å². The van der Waals surface area contributed by atoms with Crippen LogP contribution in [-0.4, -0.2) is 59.2 Å². The van der Waals surface area contributed by atoms with Crippen molar-refractivity contribution in [2.75, 3.05) is 31.1 Å². The number of benzene rings is 1. The summed E-state index contributed by atoms with van der Waals surface area (Å²) in [6.07, 6.45) is 5.93. The smallest absolute Gasteiger partial charge is 0.410 e. The van der Waals surface area contributed by atoms with E-state index in [0.29, 0.717) is 37.7 Å². The van der Waals surface area contributed by atoms with Gasteiger partial charge in [-0.05, 0) is 37.3 Å². The number of fused-ring (bicyclic) bond motifs is 2. The predicted molar refractivity (Wildman–Crippen MR) is 114 cm³/mol. The monoisotopic (exact) mass is 407 g/mol. The molecule has 1 aromatic carbocycles. The molecule has 2 atom stereocenters. The molecule has 7 heteroatoms. The van der Waals surface area contributed by atoms with Gasteiger partial charge in [-0.3, -0.25) is 0 Å². The highest BCUT2D eigenvalue weighted by Gasteiger charge is 2.38. The van der Waals surface area contributed by atoms with Crippen LogP contribution in [0.5, 0.6) is 0 Å². The number of hydrogen-bond acceptors (Lipinski definition) is 6. The number of likely N-dealkylation sites (tertiary alicyclic amines) is 1. The number of anilines is 1. The molecule has 1 N–H and O–H groups in total. The second kappa shape index (κ2) is 8.60. The molecule has 0 saturated carbocycles. The van der Waals surface area contributed by atoms with Gasteiger partial charge in [0.05, 0.1) is 0 Å². The lowest BCUT2D eigenvalue weighted by atomic mass is 9.93. The number of carbonyl (C=O) groups is 1. The Morgan fingerprint density at radius 3 is 2.50 bits per heavy atom. The van der Waals surface area contributed by atoms with Crippen LogP contribution in [0.25, 0.3) is 0 Å². The maximum absolute atomic E-state index is 12.4. The molecule has 1 aromatic heterocycles. The molecule has 2 aromatic rings. The first kappa shape index (κ1) is 19.3. The van der Waals surface area contributed by atoms with Crippen molar-refractivity contribution >= 4 is 12.0 Å². The number of carbonyl (C=O) groups excluding carboxylic acids is 1. The third kappa shape index (κ3) is 3.99. The maximum atomic E-state index is 12.4. The summed E-state index contributed by atoms with van der Waals surface area (Å²) in [4.78, 5) is 26.2. The molecule has 7 nitrogen and oxygen atoms in total. The van der Waals surface area contributed by atoms with E-state index in [4.69, 9.17) is 9.72 Å². The van der Waals surface area contributed by atoms with E-state index in [1.165, 1.54) is 12.8 Å². The molecular weight excluding hydrogens is 378 g/mol. The number of aromatic nitrogens is 2. The third-order valence-electron chi connectivity index (χ3n) is 6.65. The maximum Gasteiger partial charge on any atom is 0.410 e. The third-order valence-corrected chi connectivity index (χ3v) is 6.65. The van der Waals surface area contributed by atoms with Crippen molar-refractivity contribution in [3.05, 3.63) is 53.9 Å². The molecule has 3 fully saturated rings. The Kier molecular flexibility index (Phi) is 5.53. The van der Waals surface area contributed by atoms with Gasteiger partial charge < -0.3 is 19.9 Å². The number of nitrogens with one attached hydrogen (secondary N) is 1. The van der Waals surface area contributed by atoms with Crippen molar-refractivity contribution in [2.45, 2.75) is 50.3 Å². The molecular formula is C23H29N5O2. The lowest BCUT2D eigenvalue weighted by molar-refractivity contribution is 0.0868. The van der Waals surface area contributed by atoms with Crippen molar-refractivity contribution in [1.82, 2.24) is 20.2 Å². The van der Waals surface area contributed by atoms with E-state index in [9.17, 15) is 4.79 Å². The standard InChI is InChI=1S/C23H29N5O2/c29-23(30-16-17-4-2-1-3-5-17)27-12-9-18(10-13-27)21-8-11-25-22(26-21)28-19-6-7-20(28)15-24-14-19/h1-5,8,11,18-20,24H,6-7,9-10,12-16H2/t19-,20+. The summed E-state index contributed by atoms with van der Waals surface area (Å²) >= 11 is 0. The van der Waals surface area contributed by atoms with Crippen molar-refractivity contribution in [3.8, 4) is 0 Å². The number of piperidine rings is 1. The summed E-state index contributed by atoms with van der Waals surface area (Å²) in [5.74, 6) is 1.25. The Morgan fingerprint density at radius 1 is 1.03 bits per heavy atom. The molecule has 158 valence electrons. The number of amides is 1. The molecule has 0 aliphatic carbocycles. The highest BCUT2D eigenvalue weighted by Crippen LogP contribution is 2.32. The van der Waals surface area contributed by atoms with Crippen molar-refractivity contribution in [1.29, 1.82) is 0 Å². The van der Waals surface area contributed by atoms with E-state index in [1.807, 2.05) is 47.5 Å². The molecule has 0 unspecified atom stereocenters. The SMILES string of the molecule is O=C(OCc1ccccc1)N1CCC(c2ccnc(N3[C@@H]4CC[C@H]3CNC4)n2)CC1. The molecule has 3 aliphatic heterocycles. The van der Waals surface area contributed by atoms with E-state index < -0.39 is 0 Å². The summed E-state index contributed by atoms with van der Waals surface area (Å²) in [5, 5.41) is 3.51.